The van der Waals surface area contributed by atoms with E-state index in [1.165, 1.54) is 11.9 Å². The molecular weight excluding hydrogens is 626 g/mol. The first-order valence-electron chi connectivity index (χ1n) is 14.0. The summed E-state index contributed by atoms with van der Waals surface area (Å²) in [7, 11) is -2.61. The molecule has 0 spiro atoms. The van der Waals surface area contributed by atoms with E-state index in [1.807, 2.05) is 87.5 Å². The van der Waals surface area contributed by atoms with Crippen LogP contribution < -0.4 is 9.62 Å². The third-order valence-electron chi connectivity index (χ3n) is 7.27. The molecule has 4 aromatic rings. The van der Waals surface area contributed by atoms with Crippen LogP contribution in [0.4, 0.5) is 5.69 Å². The predicted molar refractivity (Wildman–Crippen MR) is 174 cm³/mol. The van der Waals surface area contributed by atoms with Crippen LogP contribution in [0.3, 0.4) is 0 Å². The van der Waals surface area contributed by atoms with Crippen LogP contribution in [0.15, 0.2) is 106 Å². The Balaban J connectivity index is 1.81. The molecule has 7 nitrogen and oxygen atoms in total. The predicted octanol–water partition coefficient (Wildman–Crippen LogP) is 5.96. The van der Waals surface area contributed by atoms with Gasteiger partial charge < -0.3 is 10.2 Å². The van der Waals surface area contributed by atoms with E-state index in [0.717, 1.165) is 31.0 Å². The van der Waals surface area contributed by atoms with Crippen molar-refractivity contribution in [2.45, 2.75) is 44.7 Å². The number of amides is 2. The number of aryl methyl sites for hydroxylation is 3. The van der Waals surface area contributed by atoms with E-state index >= 15 is 0 Å². The van der Waals surface area contributed by atoms with Gasteiger partial charge in [0.15, 0.2) is 0 Å². The first-order valence-corrected chi connectivity index (χ1v) is 16.2. The average molecular weight is 663 g/mol. The van der Waals surface area contributed by atoms with E-state index < -0.39 is 28.5 Å². The number of halogens is 1. The molecule has 0 heterocycles. The maximum absolute atomic E-state index is 14.4. The zero-order chi connectivity index (χ0) is 31.1. The minimum Gasteiger partial charge on any atom is -0.357 e. The fraction of sp³-hybridized carbons (Fsp3) is 0.235. The van der Waals surface area contributed by atoms with Gasteiger partial charge in [0.2, 0.25) is 11.8 Å². The highest BCUT2D eigenvalue weighted by Gasteiger charge is 2.34. The lowest BCUT2D eigenvalue weighted by Crippen LogP contribution is -2.53. The van der Waals surface area contributed by atoms with Crippen molar-refractivity contribution in [2.24, 2.45) is 0 Å². The Morgan fingerprint density at radius 3 is 2.09 bits per heavy atom. The van der Waals surface area contributed by atoms with Crippen molar-refractivity contribution in [3.05, 3.63) is 129 Å². The molecule has 1 atom stereocenters. The molecule has 9 heteroatoms. The van der Waals surface area contributed by atoms with Gasteiger partial charge in [0.25, 0.3) is 10.0 Å². The van der Waals surface area contributed by atoms with Gasteiger partial charge in [0.1, 0.15) is 12.6 Å². The molecule has 4 rings (SSSR count). The molecule has 4 aromatic carbocycles. The summed E-state index contributed by atoms with van der Waals surface area (Å²) in [5.74, 6) is -0.841. The van der Waals surface area contributed by atoms with Crippen molar-refractivity contribution in [1.29, 1.82) is 0 Å². The maximum Gasteiger partial charge on any atom is 0.264 e. The highest BCUT2D eigenvalue weighted by Crippen LogP contribution is 2.29. The van der Waals surface area contributed by atoms with Crippen LogP contribution in [-0.2, 0) is 32.6 Å². The summed E-state index contributed by atoms with van der Waals surface area (Å²) in [6, 6.07) is 28.1. The maximum atomic E-state index is 14.4. The lowest BCUT2D eigenvalue weighted by molar-refractivity contribution is -0.139. The van der Waals surface area contributed by atoms with Gasteiger partial charge in [0.05, 0.1) is 10.6 Å². The van der Waals surface area contributed by atoms with Gasteiger partial charge in [-0.15, -0.1) is 0 Å². The zero-order valence-electron chi connectivity index (χ0n) is 24.7. The molecule has 224 valence electrons. The van der Waals surface area contributed by atoms with Gasteiger partial charge in [-0.3, -0.25) is 13.9 Å². The quantitative estimate of drug-likeness (QED) is 0.215. The third kappa shape index (κ3) is 7.91. The number of hydrogen-bond donors (Lipinski definition) is 1. The summed E-state index contributed by atoms with van der Waals surface area (Å²) in [6.45, 7) is 5.25. The van der Waals surface area contributed by atoms with Crippen molar-refractivity contribution in [3.8, 4) is 0 Å². The number of nitrogens with one attached hydrogen (secondary N) is 1. The van der Waals surface area contributed by atoms with Crippen LogP contribution in [0.1, 0.15) is 27.8 Å². The van der Waals surface area contributed by atoms with Gasteiger partial charge in [-0.25, -0.2) is 8.42 Å². The van der Waals surface area contributed by atoms with E-state index in [4.69, 9.17) is 0 Å². The third-order valence-corrected chi connectivity index (χ3v) is 9.54. The number of rotatable bonds is 11. The summed E-state index contributed by atoms with van der Waals surface area (Å²) >= 11 is 3.49. The molecule has 0 aromatic heterocycles. The molecule has 43 heavy (non-hydrogen) atoms. The van der Waals surface area contributed by atoms with Crippen LogP contribution in [0.2, 0.25) is 0 Å². The zero-order valence-corrected chi connectivity index (χ0v) is 27.2. The Bertz CT molecular complexity index is 1690. The number of likely N-dealkylation sites (N-methyl/N-ethyl adjacent to an activating group) is 1. The molecular formula is C34H36BrN3O4S. The van der Waals surface area contributed by atoms with Gasteiger partial charge >= 0.3 is 0 Å². The number of benzene rings is 4. The summed E-state index contributed by atoms with van der Waals surface area (Å²) in [5.41, 5.74) is 4.68. The Morgan fingerprint density at radius 2 is 1.47 bits per heavy atom. The highest BCUT2D eigenvalue weighted by molar-refractivity contribution is 9.10. The SMILES string of the molecule is CNC(=O)[C@@H](Cc1ccccc1)N(Cc1cccc(Br)c1)C(=O)CN(c1ccc(C)cc1C)S(=O)(=O)c1ccc(C)cc1. The number of hydrogen-bond acceptors (Lipinski definition) is 4. The Labute approximate surface area is 262 Å². The second kappa shape index (κ2) is 14.0. The van der Waals surface area contributed by atoms with Crippen molar-refractivity contribution in [1.82, 2.24) is 10.2 Å². The van der Waals surface area contributed by atoms with Gasteiger partial charge in [-0.1, -0.05) is 93.8 Å². The summed E-state index contributed by atoms with van der Waals surface area (Å²) in [6.07, 6.45) is 0.258. The van der Waals surface area contributed by atoms with Crippen molar-refractivity contribution in [2.75, 3.05) is 17.9 Å². The molecule has 0 saturated heterocycles. The summed E-state index contributed by atoms with van der Waals surface area (Å²) < 4.78 is 30.3. The number of nitrogens with zero attached hydrogens (tertiary/aromatic N) is 2. The monoisotopic (exact) mass is 661 g/mol. The van der Waals surface area contributed by atoms with Crippen LogP contribution in [0.5, 0.6) is 0 Å². The minimum absolute atomic E-state index is 0.0801. The van der Waals surface area contributed by atoms with E-state index in [2.05, 4.69) is 21.2 Å². The molecule has 0 saturated carbocycles. The Morgan fingerprint density at radius 1 is 0.814 bits per heavy atom. The van der Waals surface area contributed by atoms with E-state index in [-0.39, 0.29) is 23.8 Å². The van der Waals surface area contributed by atoms with E-state index in [9.17, 15) is 18.0 Å². The lowest BCUT2D eigenvalue weighted by Gasteiger charge is -2.34. The van der Waals surface area contributed by atoms with E-state index in [0.29, 0.717) is 11.3 Å². The van der Waals surface area contributed by atoms with Gasteiger partial charge in [-0.05, 0) is 67.8 Å². The summed E-state index contributed by atoms with van der Waals surface area (Å²) in [5, 5.41) is 2.71. The smallest absolute Gasteiger partial charge is 0.264 e. The molecule has 0 bridgehead atoms. The van der Waals surface area contributed by atoms with Crippen LogP contribution in [0, 0.1) is 20.8 Å². The van der Waals surface area contributed by atoms with Gasteiger partial charge in [0, 0.05) is 24.5 Å². The normalized spacial score (nSPS) is 11.9. The van der Waals surface area contributed by atoms with Gasteiger partial charge in [-0.2, -0.15) is 0 Å². The highest BCUT2D eigenvalue weighted by atomic mass is 79.9. The fourth-order valence-corrected chi connectivity index (χ4v) is 6.91. The fourth-order valence-electron chi connectivity index (χ4n) is 4.99. The average Bonchev–Trinajstić information content (AvgIpc) is 2.98. The standard InChI is InChI=1S/C34H36BrN3O4S/c1-24-13-16-30(17-14-24)43(41,42)38(31-18-15-25(2)19-26(31)3)23-33(39)37(22-28-11-8-12-29(35)20-28)32(34(40)36-4)21-27-9-6-5-7-10-27/h5-20,32H,21-23H2,1-4H3,(H,36,40)/t32-/m1/s1. The lowest BCUT2D eigenvalue weighted by atomic mass is 10.0. The van der Waals surface area contributed by atoms with Crippen molar-refractivity contribution in [3.63, 3.8) is 0 Å². The van der Waals surface area contributed by atoms with Crippen LogP contribution >= 0.6 is 15.9 Å². The second-order valence-corrected chi connectivity index (χ2v) is 13.4. The topological polar surface area (TPSA) is 86.8 Å². The van der Waals surface area contributed by atoms with Crippen molar-refractivity contribution >= 4 is 43.5 Å². The first-order chi connectivity index (χ1) is 20.5. The number of sulfonamides is 1. The Hall–Kier alpha value is -3.95. The van der Waals surface area contributed by atoms with Crippen LogP contribution in [-0.4, -0.2) is 44.8 Å². The molecule has 2 amide bonds. The first kappa shape index (κ1) is 32.0. The molecule has 0 unspecified atom stereocenters. The summed E-state index contributed by atoms with van der Waals surface area (Å²) in [4.78, 5) is 29.3. The minimum atomic E-state index is -4.15. The van der Waals surface area contributed by atoms with E-state index in [1.54, 1.807) is 30.3 Å². The largest absolute Gasteiger partial charge is 0.357 e. The number of carbonyl (C=O) groups excluding carboxylic acids is 2. The Kier molecular flexibility index (Phi) is 10.4. The molecule has 0 radical (unpaired) electrons. The molecule has 0 aliphatic rings. The molecule has 0 fully saturated rings. The molecule has 0 aliphatic carbocycles. The van der Waals surface area contributed by atoms with Crippen LogP contribution in [0.25, 0.3) is 0 Å². The number of carbonyl (C=O) groups is 2. The second-order valence-electron chi connectivity index (χ2n) is 10.6. The number of anilines is 1. The molecule has 0 aliphatic heterocycles. The molecule has 1 N–H and O–H groups in total. The van der Waals surface area contributed by atoms with Crippen molar-refractivity contribution < 1.29 is 18.0 Å².